The van der Waals surface area contributed by atoms with E-state index < -0.39 is 5.97 Å². The molecule has 1 aromatic heterocycles. The molecule has 0 amide bonds. The Morgan fingerprint density at radius 3 is 2.94 bits per heavy atom. The number of carboxylic acid groups (broad SMARTS) is 1. The van der Waals surface area contributed by atoms with E-state index in [-0.39, 0.29) is 6.61 Å². The van der Waals surface area contributed by atoms with E-state index in [2.05, 4.69) is 9.88 Å². The standard InChI is InChI=1S/C11H14N2O3/c14-10(15)8-16-9-4-3-5-12-11(9)13-6-1-2-7-13/h3-5H,1-2,6-8H2,(H,14,15). The summed E-state index contributed by atoms with van der Waals surface area (Å²) in [6.45, 7) is 1.59. The molecule has 0 aliphatic carbocycles. The lowest BCUT2D eigenvalue weighted by atomic mass is 10.4. The number of carboxylic acids is 1. The summed E-state index contributed by atoms with van der Waals surface area (Å²) in [6, 6.07) is 3.50. The molecule has 1 fully saturated rings. The number of nitrogens with zero attached hydrogens (tertiary/aromatic N) is 2. The van der Waals surface area contributed by atoms with Crippen molar-refractivity contribution in [1.29, 1.82) is 0 Å². The van der Waals surface area contributed by atoms with E-state index >= 15 is 0 Å². The smallest absolute Gasteiger partial charge is 0.341 e. The first kappa shape index (κ1) is 10.7. The van der Waals surface area contributed by atoms with Gasteiger partial charge in [0.15, 0.2) is 18.2 Å². The van der Waals surface area contributed by atoms with Crippen LogP contribution in [0.1, 0.15) is 12.8 Å². The highest BCUT2D eigenvalue weighted by atomic mass is 16.5. The van der Waals surface area contributed by atoms with Crippen LogP contribution in [0.2, 0.25) is 0 Å². The molecule has 1 N–H and O–H groups in total. The molecule has 5 heteroatoms. The van der Waals surface area contributed by atoms with Gasteiger partial charge in [0, 0.05) is 19.3 Å². The van der Waals surface area contributed by atoms with Crippen molar-refractivity contribution in [3.8, 4) is 5.75 Å². The molecule has 0 unspecified atom stereocenters. The molecule has 0 aromatic carbocycles. The van der Waals surface area contributed by atoms with Crippen LogP contribution in [0, 0.1) is 0 Å². The lowest BCUT2D eigenvalue weighted by Gasteiger charge is -2.19. The Kier molecular flexibility index (Phi) is 3.24. The Bertz CT molecular complexity index is 375. The minimum absolute atomic E-state index is 0.327. The maximum absolute atomic E-state index is 10.4. The summed E-state index contributed by atoms with van der Waals surface area (Å²) in [5.74, 6) is 0.323. The topological polar surface area (TPSA) is 62.7 Å². The molecule has 5 nitrogen and oxygen atoms in total. The van der Waals surface area contributed by atoms with Gasteiger partial charge in [-0.05, 0) is 25.0 Å². The molecule has 2 heterocycles. The number of hydrogen-bond acceptors (Lipinski definition) is 4. The SMILES string of the molecule is O=C(O)COc1cccnc1N1CCCC1. The molecule has 1 aliphatic rings. The highest BCUT2D eigenvalue weighted by Crippen LogP contribution is 2.27. The third-order valence-electron chi connectivity index (χ3n) is 2.51. The van der Waals surface area contributed by atoms with Crippen molar-refractivity contribution in [2.75, 3.05) is 24.6 Å². The van der Waals surface area contributed by atoms with Gasteiger partial charge >= 0.3 is 5.97 Å². The number of pyridine rings is 1. The highest BCUT2D eigenvalue weighted by Gasteiger charge is 2.17. The fraction of sp³-hybridized carbons (Fsp3) is 0.455. The average molecular weight is 222 g/mol. The maximum atomic E-state index is 10.4. The largest absolute Gasteiger partial charge is 0.479 e. The van der Waals surface area contributed by atoms with Crippen LogP contribution in [0.5, 0.6) is 5.75 Å². The molecule has 0 atom stereocenters. The third kappa shape index (κ3) is 2.42. The second-order valence-electron chi connectivity index (χ2n) is 3.70. The average Bonchev–Trinajstić information content (AvgIpc) is 2.80. The fourth-order valence-corrected chi connectivity index (χ4v) is 1.80. The van der Waals surface area contributed by atoms with Crippen LogP contribution in [-0.4, -0.2) is 35.8 Å². The Morgan fingerprint density at radius 2 is 2.25 bits per heavy atom. The van der Waals surface area contributed by atoms with E-state index in [1.54, 1.807) is 18.3 Å². The first-order valence-electron chi connectivity index (χ1n) is 5.32. The summed E-state index contributed by atoms with van der Waals surface area (Å²) in [5, 5.41) is 8.57. The molecular weight excluding hydrogens is 208 g/mol. The number of aliphatic carboxylic acids is 1. The minimum Gasteiger partial charge on any atom is -0.479 e. The van der Waals surface area contributed by atoms with Crippen LogP contribution < -0.4 is 9.64 Å². The fourth-order valence-electron chi connectivity index (χ4n) is 1.80. The molecule has 1 aliphatic heterocycles. The van der Waals surface area contributed by atoms with Crippen molar-refractivity contribution in [2.24, 2.45) is 0 Å². The van der Waals surface area contributed by atoms with Crippen molar-refractivity contribution in [3.63, 3.8) is 0 Å². The number of rotatable bonds is 4. The Hall–Kier alpha value is -1.78. The highest BCUT2D eigenvalue weighted by molar-refractivity contribution is 5.69. The first-order chi connectivity index (χ1) is 7.77. The Morgan fingerprint density at radius 1 is 1.50 bits per heavy atom. The molecule has 0 spiro atoms. The Labute approximate surface area is 93.7 Å². The predicted octanol–water partition coefficient (Wildman–Crippen LogP) is 1.15. The molecule has 0 bridgehead atoms. The normalized spacial score (nSPS) is 15.1. The number of ether oxygens (including phenoxy) is 1. The second-order valence-corrected chi connectivity index (χ2v) is 3.70. The van der Waals surface area contributed by atoms with E-state index in [4.69, 9.17) is 9.84 Å². The van der Waals surface area contributed by atoms with Gasteiger partial charge in [-0.3, -0.25) is 0 Å². The van der Waals surface area contributed by atoms with Gasteiger partial charge in [-0.25, -0.2) is 9.78 Å². The van der Waals surface area contributed by atoms with E-state index in [1.165, 1.54) is 0 Å². The lowest BCUT2D eigenvalue weighted by molar-refractivity contribution is -0.139. The van der Waals surface area contributed by atoms with E-state index in [1.807, 2.05) is 0 Å². The van der Waals surface area contributed by atoms with Crippen molar-refractivity contribution in [3.05, 3.63) is 18.3 Å². The summed E-state index contributed by atoms with van der Waals surface area (Å²) in [6.07, 6.45) is 3.99. The molecule has 86 valence electrons. The summed E-state index contributed by atoms with van der Waals surface area (Å²) >= 11 is 0. The summed E-state index contributed by atoms with van der Waals surface area (Å²) in [7, 11) is 0. The maximum Gasteiger partial charge on any atom is 0.341 e. The molecule has 16 heavy (non-hydrogen) atoms. The summed E-state index contributed by atoms with van der Waals surface area (Å²) in [5.41, 5.74) is 0. The minimum atomic E-state index is -0.976. The Balaban J connectivity index is 2.13. The van der Waals surface area contributed by atoms with E-state index in [0.717, 1.165) is 31.7 Å². The van der Waals surface area contributed by atoms with E-state index in [0.29, 0.717) is 5.75 Å². The van der Waals surface area contributed by atoms with Crippen molar-refractivity contribution in [2.45, 2.75) is 12.8 Å². The predicted molar refractivity (Wildman–Crippen MR) is 58.8 cm³/mol. The zero-order valence-corrected chi connectivity index (χ0v) is 8.93. The third-order valence-corrected chi connectivity index (χ3v) is 2.51. The zero-order valence-electron chi connectivity index (χ0n) is 8.93. The lowest BCUT2D eigenvalue weighted by Crippen LogP contribution is -2.20. The van der Waals surface area contributed by atoms with Gasteiger partial charge < -0.3 is 14.7 Å². The molecule has 1 saturated heterocycles. The number of carbonyl (C=O) groups is 1. The zero-order chi connectivity index (χ0) is 11.4. The number of anilines is 1. The quantitative estimate of drug-likeness (QED) is 0.827. The monoisotopic (exact) mass is 222 g/mol. The van der Waals surface area contributed by atoms with Crippen LogP contribution in [0.3, 0.4) is 0 Å². The van der Waals surface area contributed by atoms with Gasteiger partial charge in [-0.1, -0.05) is 0 Å². The van der Waals surface area contributed by atoms with Gasteiger partial charge in [0.2, 0.25) is 0 Å². The van der Waals surface area contributed by atoms with Crippen LogP contribution in [0.4, 0.5) is 5.82 Å². The first-order valence-corrected chi connectivity index (χ1v) is 5.32. The van der Waals surface area contributed by atoms with Crippen LogP contribution in [0.15, 0.2) is 18.3 Å². The molecular formula is C11H14N2O3. The molecule has 0 radical (unpaired) electrons. The summed E-state index contributed by atoms with van der Waals surface area (Å²) < 4.78 is 5.21. The van der Waals surface area contributed by atoms with Crippen molar-refractivity contribution >= 4 is 11.8 Å². The molecule has 0 saturated carbocycles. The second kappa shape index (κ2) is 4.83. The van der Waals surface area contributed by atoms with Gasteiger partial charge in [0.1, 0.15) is 0 Å². The van der Waals surface area contributed by atoms with Gasteiger partial charge in [0.25, 0.3) is 0 Å². The molecule has 2 rings (SSSR count). The molecule has 1 aromatic rings. The van der Waals surface area contributed by atoms with Crippen molar-refractivity contribution in [1.82, 2.24) is 4.98 Å². The summed E-state index contributed by atoms with van der Waals surface area (Å²) in [4.78, 5) is 16.8. The van der Waals surface area contributed by atoms with Gasteiger partial charge in [0.05, 0.1) is 0 Å². The van der Waals surface area contributed by atoms with Crippen molar-refractivity contribution < 1.29 is 14.6 Å². The van der Waals surface area contributed by atoms with Crippen LogP contribution in [0.25, 0.3) is 0 Å². The van der Waals surface area contributed by atoms with Crippen LogP contribution >= 0.6 is 0 Å². The number of aromatic nitrogens is 1. The van der Waals surface area contributed by atoms with Gasteiger partial charge in [-0.2, -0.15) is 0 Å². The van der Waals surface area contributed by atoms with E-state index in [9.17, 15) is 4.79 Å². The van der Waals surface area contributed by atoms with Gasteiger partial charge in [-0.15, -0.1) is 0 Å². The van der Waals surface area contributed by atoms with Crippen LogP contribution in [-0.2, 0) is 4.79 Å². The number of hydrogen-bond donors (Lipinski definition) is 1.